The van der Waals surface area contributed by atoms with E-state index < -0.39 is 11.8 Å². The van der Waals surface area contributed by atoms with E-state index in [1.165, 1.54) is 12.3 Å². The molecule has 0 fully saturated rings. The molecule has 0 saturated carbocycles. The highest BCUT2D eigenvalue weighted by atomic mass is 16.5. The maximum atomic E-state index is 12.1. The van der Waals surface area contributed by atoms with Crippen molar-refractivity contribution in [2.24, 2.45) is 5.10 Å². The van der Waals surface area contributed by atoms with Gasteiger partial charge in [0.15, 0.2) is 6.61 Å². The quantitative estimate of drug-likeness (QED) is 0.269. The summed E-state index contributed by atoms with van der Waals surface area (Å²) in [6.45, 7) is 7.39. The van der Waals surface area contributed by atoms with E-state index in [1.807, 2.05) is 32.0 Å². The summed E-state index contributed by atoms with van der Waals surface area (Å²) >= 11 is 0. The summed E-state index contributed by atoms with van der Waals surface area (Å²) in [4.78, 5) is 35.1. The molecule has 0 aromatic heterocycles. The fraction of sp³-hybridized carbons (Fsp3) is 0.182. The number of nitrogens with one attached hydrogen (secondary N) is 3. The second kappa shape index (κ2) is 11.2. The molecule has 156 valence electrons. The highest BCUT2D eigenvalue weighted by Crippen LogP contribution is 2.15. The average Bonchev–Trinajstić information content (AvgIpc) is 2.70. The van der Waals surface area contributed by atoms with Gasteiger partial charge in [-0.3, -0.25) is 14.4 Å². The second-order valence-electron chi connectivity index (χ2n) is 6.48. The number of anilines is 1. The van der Waals surface area contributed by atoms with Gasteiger partial charge in [0.25, 0.3) is 5.91 Å². The van der Waals surface area contributed by atoms with Crippen molar-refractivity contribution < 1.29 is 19.1 Å². The molecule has 2 aromatic carbocycles. The molecule has 0 aliphatic carbocycles. The Labute approximate surface area is 175 Å². The van der Waals surface area contributed by atoms with Crippen LogP contribution in [0.1, 0.15) is 16.7 Å². The molecule has 2 rings (SSSR count). The van der Waals surface area contributed by atoms with Gasteiger partial charge in [0, 0.05) is 12.2 Å². The topological polar surface area (TPSA) is 109 Å². The number of rotatable bonds is 8. The van der Waals surface area contributed by atoms with Crippen LogP contribution in [-0.4, -0.2) is 37.1 Å². The highest BCUT2D eigenvalue weighted by Gasteiger charge is 2.10. The Hall–Kier alpha value is -3.94. The molecule has 0 atom stereocenters. The zero-order chi connectivity index (χ0) is 21.9. The summed E-state index contributed by atoms with van der Waals surface area (Å²) in [7, 11) is 0. The number of hydrogen-bond acceptors (Lipinski definition) is 5. The summed E-state index contributed by atoms with van der Waals surface area (Å²) in [5.41, 5.74) is 5.58. The Morgan fingerprint density at radius 1 is 1.07 bits per heavy atom. The Bertz CT molecular complexity index is 949. The number of ether oxygens (including phenoxy) is 1. The van der Waals surface area contributed by atoms with E-state index in [-0.39, 0.29) is 19.1 Å². The number of aryl methyl sites for hydroxylation is 2. The van der Waals surface area contributed by atoms with Crippen molar-refractivity contribution >= 4 is 29.6 Å². The van der Waals surface area contributed by atoms with Crippen molar-refractivity contribution in [1.29, 1.82) is 0 Å². The van der Waals surface area contributed by atoms with Crippen LogP contribution in [0.4, 0.5) is 5.69 Å². The first kappa shape index (κ1) is 22.4. The molecule has 0 bridgehead atoms. The van der Waals surface area contributed by atoms with Gasteiger partial charge >= 0.3 is 11.8 Å². The lowest BCUT2D eigenvalue weighted by atomic mass is 10.1. The lowest BCUT2D eigenvalue weighted by Gasteiger charge is -2.09. The molecule has 0 heterocycles. The summed E-state index contributed by atoms with van der Waals surface area (Å²) < 4.78 is 5.52. The van der Waals surface area contributed by atoms with E-state index in [0.29, 0.717) is 11.3 Å². The third-order valence-corrected chi connectivity index (χ3v) is 3.73. The van der Waals surface area contributed by atoms with Gasteiger partial charge < -0.3 is 15.4 Å². The van der Waals surface area contributed by atoms with Gasteiger partial charge in [-0.15, -0.1) is 6.58 Å². The van der Waals surface area contributed by atoms with Gasteiger partial charge in [-0.25, -0.2) is 5.43 Å². The van der Waals surface area contributed by atoms with Crippen LogP contribution in [-0.2, 0) is 14.4 Å². The van der Waals surface area contributed by atoms with Crippen LogP contribution in [0.3, 0.4) is 0 Å². The van der Waals surface area contributed by atoms with Crippen LogP contribution in [0.25, 0.3) is 0 Å². The number of benzene rings is 2. The third kappa shape index (κ3) is 7.59. The lowest BCUT2D eigenvalue weighted by molar-refractivity contribution is -0.139. The zero-order valence-corrected chi connectivity index (χ0v) is 16.9. The number of carbonyl (C=O) groups excluding carboxylic acids is 3. The summed E-state index contributed by atoms with van der Waals surface area (Å²) in [5.74, 6) is -1.51. The summed E-state index contributed by atoms with van der Waals surface area (Å²) in [6, 6.07) is 12.6. The normalized spacial score (nSPS) is 10.3. The Kier molecular flexibility index (Phi) is 8.31. The fourth-order valence-electron chi connectivity index (χ4n) is 2.54. The SMILES string of the molecule is C=CCNC(=O)C(=O)N/N=C/c1cccc(OCC(=O)Nc2cc(C)cc(C)c2)c1. The molecule has 2 aromatic rings. The first-order valence-corrected chi connectivity index (χ1v) is 9.20. The summed E-state index contributed by atoms with van der Waals surface area (Å²) in [5, 5.41) is 8.87. The molecule has 8 heteroatoms. The molecule has 8 nitrogen and oxygen atoms in total. The van der Waals surface area contributed by atoms with Crippen molar-refractivity contribution in [3.63, 3.8) is 0 Å². The number of hydrazone groups is 1. The van der Waals surface area contributed by atoms with Crippen LogP contribution < -0.4 is 20.8 Å². The maximum Gasteiger partial charge on any atom is 0.329 e. The number of hydrogen-bond donors (Lipinski definition) is 3. The Balaban J connectivity index is 1.86. The molecule has 0 spiro atoms. The van der Waals surface area contributed by atoms with E-state index in [9.17, 15) is 14.4 Å². The van der Waals surface area contributed by atoms with E-state index in [0.717, 1.165) is 16.8 Å². The molecule has 0 aliphatic heterocycles. The molecular formula is C22H24N4O4. The number of carbonyl (C=O) groups is 3. The minimum absolute atomic E-state index is 0.159. The predicted molar refractivity (Wildman–Crippen MR) is 115 cm³/mol. The predicted octanol–water partition coefficient (Wildman–Crippen LogP) is 2.07. The van der Waals surface area contributed by atoms with Crippen molar-refractivity contribution in [1.82, 2.24) is 10.7 Å². The Morgan fingerprint density at radius 3 is 2.50 bits per heavy atom. The molecule has 0 aliphatic rings. The highest BCUT2D eigenvalue weighted by molar-refractivity contribution is 6.35. The molecule has 3 amide bonds. The Morgan fingerprint density at radius 2 is 1.80 bits per heavy atom. The van der Waals surface area contributed by atoms with Crippen LogP contribution in [0.5, 0.6) is 5.75 Å². The molecule has 30 heavy (non-hydrogen) atoms. The third-order valence-electron chi connectivity index (χ3n) is 3.73. The molecular weight excluding hydrogens is 384 g/mol. The van der Waals surface area contributed by atoms with E-state index in [4.69, 9.17) is 4.74 Å². The smallest absolute Gasteiger partial charge is 0.329 e. The van der Waals surface area contributed by atoms with Crippen molar-refractivity contribution in [3.8, 4) is 5.75 Å². The van der Waals surface area contributed by atoms with Gasteiger partial charge in [-0.1, -0.05) is 24.3 Å². The maximum absolute atomic E-state index is 12.1. The van der Waals surface area contributed by atoms with Gasteiger partial charge in [-0.05, 0) is 54.8 Å². The van der Waals surface area contributed by atoms with Gasteiger partial charge in [0.2, 0.25) is 0 Å². The van der Waals surface area contributed by atoms with Crippen molar-refractivity contribution in [2.75, 3.05) is 18.5 Å². The van der Waals surface area contributed by atoms with Crippen LogP contribution >= 0.6 is 0 Å². The molecule has 3 N–H and O–H groups in total. The zero-order valence-electron chi connectivity index (χ0n) is 16.9. The van der Waals surface area contributed by atoms with Gasteiger partial charge in [-0.2, -0.15) is 5.10 Å². The van der Waals surface area contributed by atoms with E-state index in [1.54, 1.807) is 24.3 Å². The minimum atomic E-state index is -0.886. The van der Waals surface area contributed by atoms with Crippen molar-refractivity contribution in [2.45, 2.75) is 13.8 Å². The summed E-state index contributed by atoms with van der Waals surface area (Å²) in [6.07, 6.45) is 2.82. The van der Waals surface area contributed by atoms with Gasteiger partial charge in [0.1, 0.15) is 5.75 Å². The molecule has 0 unspecified atom stereocenters. The van der Waals surface area contributed by atoms with E-state index in [2.05, 4.69) is 27.7 Å². The van der Waals surface area contributed by atoms with Crippen LogP contribution in [0, 0.1) is 13.8 Å². The molecule has 0 radical (unpaired) electrons. The van der Waals surface area contributed by atoms with E-state index >= 15 is 0 Å². The first-order chi connectivity index (χ1) is 14.4. The number of nitrogens with zero attached hydrogens (tertiary/aromatic N) is 1. The average molecular weight is 408 g/mol. The van der Waals surface area contributed by atoms with Crippen LogP contribution in [0.2, 0.25) is 0 Å². The number of amides is 3. The largest absolute Gasteiger partial charge is 0.484 e. The van der Waals surface area contributed by atoms with Crippen LogP contribution in [0.15, 0.2) is 60.2 Å². The van der Waals surface area contributed by atoms with Gasteiger partial charge in [0.05, 0.1) is 6.21 Å². The fourth-order valence-corrected chi connectivity index (χ4v) is 2.54. The molecule has 0 saturated heterocycles. The first-order valence-electron chi connectivity index (χ1n) is 9.20. The second-order valence-corrected chi connectivity index (χ2v) is 6.48. The standard InChI is InChI=1S/C22H24N4O4/c1-4-8-23-21(28)22(29)26-24-13-17-6-5-7-19(12-17)30-14-20(27)25-18-10-15(2)9-16(3)11-18/h4-7,9-13H,1,8,14H2,2-3H3,(H,23,28)(H,25,27)(H,26,29)/b24-13+. The minimum Gasteiger partial charge on any atom is -0.484 e. The van der Waals surface area contributed by atoms with Crippen molar-refractivity contribution in [3.05, 3.63) is 71.8 Å². The monoisotopic (exact) mass is 408 g/mol. The lowest BCUT2D eigenvalue weighted by Crippen LogP contribution is -2.37.